The maximum Gasteiger partial charge on any atom is 0.248 e. The van der Waals surface area contributed by atoms with Gasteiger partial charge in [0.05, 0.1) is 23.1 Å². The number of carbonyl (C=O) groups is 1. The average Bonchev–Trinajstić information content (AvgIpc) is 2.77. The van der Waals surface area contributed by atoms with Crippen molar-refractivity contribution in [3.05, 3.63) is 53.6 Å². The Morgan fingerprint density at radius 2 is 2.00 bits per heavy atom. The summed E-state index contributed by atoms with van der Waals surface area (Å²) in [5, 5.41) is 6.55. The molecule has 1 aromatic heterocycles. The summed E-state index contributed by atoms with van der Waals surface area (Å²) in [6.45, 7) is 2.30. The molecule has 0 fully saturated rings. The van der Waals surface area contributed by atoms with Gasteiger partial charge in [0.1, 0.15) is 30.6 Å². The van der Waals surface area contributed by atoms with Crippen molar-refractivity contribution in [3.8, 4) is 11.6 Å². The van der Waals surface area contributed by atoms with Crippen LogP contribution >= 0.6 is 24.0 Å². The minimum Gasteiger partial charge on any atom is -0.492 e. The fraction of sp³-hybridized carbons (Fsp3) is 0.286. The molecule has 3 aromatic rings. The normalized spacial score (nSPS) is 11.4. The molecule has 172 valence electrons. The molecule has 0 spiro atoms. The van der Waals surface area contributed by atoms with E-state index in [4.69, 9.17) is 25.8 Å². The van der Waals surface area contributed by atoms with Crippen LogP contribution in [0, 0.1) is 5.82 Å². The predicted molar refractivity (Wildman–Crippen MR) is 122 cm³/mol. The summed E-state index contributed by atoms with van der Waals surface area (Å²) >= 11 is 5.75. The lowest BCUT2D eigenvalue weighted by molar-refractivity contribution is -0.130. The van der Waals surface area contributed by atoms with Crippen molar-refractivity contribution in [1.82, 2.24) is 15.3 Å². The summed E-state index contributed by atoms with van der Waals surface area (Å²) in [5.74, 6) is 0.260. The molecule has 1 heterocycles. The molecule has 0 saturated carbocycles. The second-order valence-corrected chi connectivity index (χ2v) is 6.90. The van der Waals surface area contributed by atoms with Crippen LogP contribution in [0.25, 0.3) is 10.9 Å². The van der Waals surface area contributed by atoms with E-state index in [0.717, 1.165) is 0 Å². The first-order valence-corrected chi connectivity index (χ1v) is 9.85. The Morgan fingerprint density at radius 3 is 2.75 bits per heavy atom. The van der Waals surface area contributed by atoms with Gasteiger partial charge in [-0.2, -0.15) is 0 Å². The molecule has 0 bridgehead atoms. The van der Waals surface area contributed by atoms with Gasteiger partial charge >= 0.3 is 0 Å². The molecular formula is C21H23Cl2FN4O4. The van der Waals surface area contributed by atoms with Crippen molar-refractivity contribution in [2.45, 2.75) is 13.0 Å². The number of methoxy groups -OCH3 is 1. The molecule has 0 aliphatic rings. The Kier molecular flexibility index (Phi) is 9.70. The molecule has 2 N–H and O–H groups in total. The molecule has 1 unspecified atom stereocenters. The lowest BCUT2D eigenvalue weighted by Crippen LogP contribution is -2.36. The number of amides is 1. The van der Waals surface area contributed by atoms with E-state index < -0.39 is 11.9 Å². The summed E-state index contributed by atoms with van der Waals surface area (Å²) in [7, 11) is 1.47. The highest BCUT2D eigenvalue weighted by Crippen LogP contribution is 2.25. The maximum atomic E-state index is 13.8. The van der Waals surface area contributed by atoms with Gasteiger partial charge in [0.15, 0.2) is 6.73 Å². The highest BCUT2D eigenvalue weighted by molar-refractivity contribution is 6.30. The van der Waals surface area contributed by atoms with Crippen molar-refractivity contribution in [3.63, 3.8) is 0 Å². The van der Waals surface area contributed by atoms with Gasteiger partial charge in [-0.3, -0.25) is 4.79 Å². The van der Waals surface area contributed by atoms with Gasteiger partial charge in [-0.25, -0.2) is 14.4 Å². The van der Waals surface area contributed by atoms with Crippen molar-refractivity contribution in [2.24, 2.45) is 0 Å². The van der Waals surface area contributed by atoms with Crippen LogP contribution in [0.5, 0.6) is 11.6 Å². The standard InChI is InChI=1S/C21H22ClFN4O4.ClH/c1-13(29-2)20(28)24-7-8-30-15-4-5-16-19(10-15)25-11-26-21(16)31-12-27-18-6-3-14(22)9-17(18)23;/h3-6,9-11,13,27H,7-8,12H2,1-2H3,(H,24,28);1H. The fourth-order valence-corrected chi connectivity index (χ4v) is 2.78. The van der Waals surface area contributed by atoms with Crippen molar-refractivity contribution >= 4 is 46.5 Å². The lowest BCUT2D eigenvalue weighted by Gasteiger charge is -2.12. The SMILES string of the molecule is COC(C)C(=O)NCCOc1ccc2c(OCNc3ccc(Cl)cc3F)ncnc2c1.Cl. The predicted octanol–water partition coefficient (Wildman–Crippen LogP) is 3.82. The van der Waals surface area contributed by atoms with Crippen LogP contribution in [-0.2, 0) is 9.53 Å². The number of benzene rings is 2. The monoisotopic (exact) mass is 484 g/mol. The topological polar surface area (TPSA) is 94.6 Å². The smallest absolute Gasteiger partial charge is 0.248 e. The molecule has 0 radical (unpaired) electrons. The first kappa shape index (κ1) is 25.4. The van der Waals surface area contributed by atoms with Gasteiger partial charge in [-0.15, -0.1) is 12.4 Å². The van der Waals surface area contributed by atoms with Crippen LogP contribution in [0.4, 0.5) is 10.1 Å². The van der Waals surface area contributed by atoms with E-state index in [-0.39, 0.29) is 30.7 Å². The van der Waals surface area contributed by atoms with E-state index in [0.29, 0.717) is 40.7 Å². The lowest BCUT2D eigenvalue weighted by atomic mass is 10.2. The van der Waals surface area contributed by atoms with Gasteiger partial charge in [0.2, 0.25) is 11.8 Å². The molecule has 0 aliphatic carbocycles. The zero-order valence-corrected chi connectivity index (χ0v) is 19.0. The van der Waals surface area contributed by atoms with Gasteiger partial charge in [-0.1, -0.05) is 11.6 Å². The van der Waals surface area contributed by atoms with Crippen molar-refractivity contribution in [2.75, 3.05) is 32.3 Å². The van der Waals surface area contributed by atoms with Crippen LogP contribution in [0.3, 0.4) is 0 Å². The van der Waals surface area contributed by atoms with E-state index >= 15 is 0 Å². The third-order valence-corrected chi connectivity index (χ3v) is 4.60. The molecular weight excluding hydrogens is 462 g/mol. The summed E-state index contributed by atoms with van der Waals surface area (Å²) in [4.78, 5) is 20.0. The number of fused-ring (bicyclic) bond motifs is 1. The Balaban J connectivity index is 0.00000363. The van der Waals surface area contributed by atoms with E-state index in [9.17, 15) is 9.18 Å². The van der Waals surface area contributed by atoms with E-state index in [1.165, 1.54) is 25.6 Å². The number of nitrogens with one attached hydrogen (secondary N) is 2. The summed E-state index contributed by atoms with van der Waals surface area (Å²) in [6.07, 6.45) is 0.859. The van der Waals surface area contributed by atoms with Gasteiger partial charge in [-0.05, 0) is 37.3 Å². The molecule has 8 nitrogen and oxygen atoms in total. The fourth-order valence-electron chi connectivity index (χ4n) is 2.63. The third-order valence-electron chi connectivity index (χ3n) is 4.37. The first-order chi connectivity index (χ1) is 15.0. The summed E-state index contributed by atoms with van der Waals surface area (Å²) < 4.78 is 30.1. The van der Waals surface area contributed by atoms with Gasteiger partial charge in [0, 0.05) is 18.2 Å². The molecule has 11 heteroatoms. The Bertz CT molecular complexity index is 1060. The Labute approximate surface area is 195 Å². The minimum atomic E-state index is -0.513. The highest BCUT2D eigenvalue weighted by atomic mass is 35.5. The van der Waals surface area contributed by atoms with Crippen LogP contribution in [0.2, 0.25) is 5.02 Å². The summed E-state index contributed by atoms with van der Waals surface area (Å²) in [5.41, 5.74) is 0.891. The minimum absolute atomic E-state index is 0. The largest absolute Gasteiger partial charge is 0.492 e. The number of aromatic nitrogens is 2. The van der Waals surface area contributed by atoms with Crippen LogP contribution in [0.1, 0.15) is 6.92 Å². The third kappa shape index (κ3) is 6.81. The number of ether oxygens (including phenoxy) is 3. The molecule has 2 aromatic carbocycles. The number of rotatable bonds is 10. The number of nitrogens with zero attached hydrogens (tertiary/aromatic N) is 2. The first-order valence-electron chi connectivity index (χ1n) is 9.47. The van der Waals surface area contributed by atoms with E-state index in [2.05, 4.69) is 20.6 Å². The van der Waals surface area contributed by atoms with Crippen LogP contribution in [0.15, 0.2) is 42.7 Å². The highest BCUT2D eigenvalue weighted by Gasteiger charge is 2.11. The maximum absolute atomic E-state index is 13.8. The molecule has 1 atom stereocenters. The number of carbonyl (C=O) groups excluding carboxylic acids is 1. The number of hydrogen-bond acceptors (Lipinski definition) is 7. The second kappa shape index (κ2) is 12.2. The number of hydrogen-bond donors (Lipinski definition) is 2. The van der Waals surface area contributed by atoms with Crippen LogP contribution < -0.4 is 20.1 Å². The van der Waals surface area contributed by atoms with Crippen molar-refractivity contribution in [1.29, 1.82) is 0 Å². The van der Waals surface area contributed by atoms with E-state index in [1.807, 2.05) is 0 Å². The number of anilines is 1. The zero-order chi connectivity index (χ0) is 22.2. The molecule has 3 rings (SSSR count). The van der Waals surface area contributed by atoms with Gasteiger partial charge < -0.3 is 24.8 Å². The number of halogens is 3. The molecule has 32 heavy (non-hydrogen) atoms. The van der Waals surface area contributed by atoms with Crippen molar-refractivity contribution < 1.29 is 23.4 Å². The molecule has 1 amide bonds. The average molecular weight is 485 g/mol. The quantitative estimate of drug-likeness (QED) is 0.333. The second-order valence-electron chi connectivity index (χ2n) is 6.46. The van der Waals surface area contributed by atoms with Gasteiger partial charge in [0.25, 0.3) is 0 Å². The summed E-state index contributed by atoms with van der Waals surface area (Å²) in [6, 6.07) is 9.60. The Hall–Kier alpha value is -2.88. The zero-order valence-electron chi connectivity index (χ0n) is 17.4. The van der Waals surface area contributed by atoms with Crippen LogP contribution in [-0.4, -0.2) is 49.0 Å². The molecule has 0 saturated heterocycles. The Morgan fingerprint density at radius 1 is 1.19 bits per heavy atom. The molecule has 0 aliphatic heterocycles. The van der Waals surface area contributed by atoms with E-state index in [1.54, 1.807) is 31.2 Å².